The van der Waals surface area contributed by atoms with E-state index in [0.717, 1.165) is 0 Å². The Hall–Kier alpha value is -2.49. The fraction of sp³-hybridized carbons (Fsp3) is 0.176. The maximum Gasteiger partial charge on any atom is 0.202 e. The molecule has 0 aliphatic rings. The Balaban J connectivity index is 2.06. The van der Waals surface area contributed by atoms with Gasteiger partial charge in [-0.2, -0.15) is 0 Å². The van der Waals surface area contributed by atoms with Gasteiger partial charge in [-0.05, 0) is 62.4 Å². The third-order valence-corrected chi connectivity index (χ3v) is 3.07. The van der Waals surface area contributed by atoms with Gasteiger partial charge in [0.1, 0.15) is 11.6 Å². The number of rotatable bonds is 5. The molecule has 0 amide bonds. The predicted molar refractivity (Wildman–Crippen MR) is 77.3 cm³/mol. The summed E-state index contributed by atoms with van der Waals surface area (Å²) in [4.78, 5) is 23.3. The van der Waals surface area contributed by atoms with Gasteiger partial charge in [0.05, 0.1) is 0 Å². The van der Waals surface area contributed by atoms with Crippen molar-refractivity contribution in [2.45, 2.75) is 20.0 Å². The van der Waals surface area contributed by atoms with Gasteiger partial charge in [0.15, 0.2) is 11.9 Å². The molecule has 2 rings (SSSR count). The Morgan fingerprint density at radius 3 is 2.00 bits per heavy atom. The summed E-state index contributed by atoms with van der Waals surface area (Å²) in [5.74, 6) is -0.148. The first-order valence-corrected chi connectivity index (χ1v) is 6.55. The highest BCUT2D eigenvalue weighted by molar-refractivity contribution is 5.99. The molecular weight excluding hydrogens is 271 g/mol. The number of carbonyl (C=O) groups excluding carboxylic acids is 2. The average molecular weight is 286 g/mol. The lowest BCUT2D eigenvalue weighted by Gasteiger charge is -2.14. The molecule has 0 radical (unpaired) electrons. The molecule has 0 N–H and O–H groups in total. The van der Waals surface area contributed by atoms with Crippen molar-refractivity contribution in [3.8, 4) is 5.75 Å². The molecule has 0 spiro atoms. The molecule has 0 saturated heterocycles. The molecule has 108 valence electrons. The van der Waals surface area contributed by atoms with Gasteiger partial charge >= 0.3 is 0 Å². The SMILES string of the molecule is CC(=O)c1ccc(OC(C)C(=O)c2ccc(F)cc2)cc1. The lowest BCUT2D eigenvalue weighted by Crippen LogP contribution is -2.23. The van der Waals surface area contributed by atoms with E-state index in [1.54, 1.807) is 31.2 Å². The zero-order chi connectivity index (χ0) is 15.4. The fourth-order valence-corrected chi connectivity index (χ4v) is 1.87. The Labute approximate surface area is 122 Å². The molecule has 0 heterocycles. The van der Waals surface area contributed by atoms with E-state index >= 15 is 0 Å². The smallest absolute Gasteiger partial charge is 0.202 e. The summed E-state index contributed by atoms with van der Waals surface area (Å²) in [7, 11) is 0. The standard InChI is InChI=1S/C17H15FO3/c1-11(19)13-5-9-16(10-6-13)21-12(2)17(20)14-3-7-15(18)8-4-14/h3-10,12H,1-2H3. The fourth-order valence-electron chi connectivity index (χ4n) is 1.87. The molecule has 0 bridgehead atoms. The molecule has 0 saturated carbocycles. The summed E-state index contributed by atoms with van der Waals surface area (Å²) in [6, 6.07) is 11.9. The van der Waals surface area contributed by atoms with Crippen LogP contribution in [0.4, 0.5) is 4.39 Å². The van der Waals surface area contributed by atoms with E-state index < -0.39 is 6.10 Å². The molecule has 0 fully saturated rings. The van der Waals surface area contributed by atoms with Crippen LogP contribution in [0.15, 0.2) is 48.5 Å². The van der Waals surface area contributed by atoms with Crippen molar-refractivity contribution in [1.82, 2.24) is 0 Å². The van der Waals surface area contributed by atoms with Crippen LogP contribution in [0.25, 0.3) is 0 Å². The van der Waals surface area contributed by atoms with Gasteiger partial charge in [-0.1, -0.05) is 0 Å². The zero-order valence-electron chi connectivity index (χ0n) is 11.8. The number of hydrogen-bond donors (Lipinski definition) is 0. The topological polar surface area (TPSA) is 43.4 Å². The van der Waals surface area contributed by atoms with Crippen LogP contribution in [0.3, 0.4) is 0 Å². The first kappa shape index (κ1) is 14.9. The van der Waals surface area contributed by atoms with Gasteiger partial charge < -0.3 is 4.74 Å². The van der Waals surface area contributed by atoms with Crippen LogP contribution in [0.1, 0.15) is 34.6 Å². The van der Waals surface area contributed by atoms with Crippen molar-refractivity contribution >= 4 is 11.6 Å². The van der Waals surface area contributed by atoms with E-state index in [1.807, 2.05) is 0 Å². The second-order valence-electron chi connectivity index (χ2n) is 4.71. The second kappa shape index (κ2) is 6.31. The van der Waals surface area contributed by atoms with Crippen LogP contribution in [0, 0.1) is 5.82 Å². The number of ketones is 2. The van der Waals surface area contributed by atoms with Crippen molar-refractivity contribution in [2.75, 3.05) is 0 Å². The summed E-state index contributed by atoms with van der Waals surface area (Å²) in [6.45, 7) is 3.11. The first-order valence-electron chi connectivity index (χ1n) is 6.55. The monoisotopic (exact) mass is 286 g/mol. The number of carbonyl (C=O) groups is 2. The lowest BCUT2D eigenvalue weighted by molar-refractivity contribution is 0.0817. The van der Waals surface area contributed by atoms with E-state index in [4.69, 9.17) is 4.74 Å². The van der Waals surface area contributed by atoms with E-state index in [2.05, 4.69) is 0 Å². The maximum atomic E-state index is 12.8. The predicted octanol–water partition coefficient (Wildman–Crippen LogP) is 3.68. The maximum absolute atomic E-state index is 12.8. The van der Waals surface area contributed by atoms with Gasteiger partial charge in [-0.3, -0.25) is 9.59 Å². The van der Waals surface area contributed by atoms with Crippen molar-refractivity contribution in [2.24, 2.45) is 0 Å². The summed E-state index contributed by atoms with van der Waals surface area (Å²) in [5.41, 5.74) is 0.976. The van der Waals surface area contributed by atoms with Crippen LogP contribution in [-0.4, -0.2) is 17.7 Å². The summed E-state index contributed by atoms with van der Waals surface area (Å²) >= 11 is 0. The van der Waals surface area contributed by atoms with Gasteiger partial charge in [-0.25, -0.2) is 4.39 Å². The minimum atomic E-state index is -0.696. The molecule has 1 atom stereocenters. The highest BCUT2D eigenvalue weighted by atomic mass is 19.1. The Morgan fingerprint density at radius 2 is 1.48 bits per heavy atom. The summed E-state index contributed by atoms with van der Waals surface area (Å²) in [5, 5.41) is 0. The number of ether oxygens (including phenoxy) is 1. The van der Waals surface area contributed by atoms with Gasteiger partial charge in [0.25, 0.3) is 0 Å². The van der Waals surface area contributed by atoms with E-state index in [1.165, 1.54) is 31.2 Å². The number of halogens is 1. The number of Topliss-reactive ketones (excluding diaryl/α,β-unsaturated/α-hetero) is 2. The molecular formula is C17H15FO3. The minimum Gasteiger partial charge on any atom is -0.483 e. The molecule has 0 aliphatic heterocycles. The van der Waals surface area contributed by atoms with Crippen molar-refractivity contribution in [3.63, 3.8) is 0 Å². The zero-order valence-corrected chi connectivity index (χ0v) is 11.8. The number of hydrogen-bond acceptors (Lipinski definition) is 3. The molecule has 0 aromatic heterocycles. The van der Waals surface area contributed by atoms with Crippen LogP contribution in [0.2, 0.25) is 0 Å². The number of benzene rings is 2. The lowest BCUT2D eigenvalue weighted by atomic mass is 10.1. The second-order valence-corrected chi connectivity index (χ2v) is 4.71. The largest absolute Gasteiger partial charge is 0.483 e. The van der Waals surface area contributed by atoms with E-state index in [-0.39, 0.29) is 17.4 Å². The normalized spacial score (nSPS) is 11.8. The third-order valence-electron chi connectivity index (χ3n) is 3.07. The molecule has 1 unspecified atom stereocenters. The highest BCUT2D eigenvalue weighted by Crippen LogP contribution is 2.16. The molecule has 0 aliphatic carbocycles. The Bertz CT molecular complexity index is 645. The quantitative estimate of drug-likeness (QED) is 0.787. The van der Waals surface area contributed by atoms with Gasteiger partial charge in [-0.15, -0.1) is 0 Å². The Morgan fingerprint density at radius 1 is 0.952 bits per heavy atom. The molecule has 21 heavy (non-hydrogen) atoms. The van der Waals surface area contributed by atoms with Gasteiger partial charge in [0.2, 0.25) is 5.78 Å². The van der Waals surface area contributed by atoms with Crippen LogP contribution in [-0.2, 0) is 0 Å². The van der Waals surface area contributed by atoms with Crippen LogP contribution >= 0.6 is 0 Å². The van der Waals surface area contributed by atoms with E-state index in [9.17, 15) is 14.0 Å². The van der Waals surface area contributed by atoms with Crippen molar-refractivity contribution < 1.29 is 18.7 Å². The third kappa shape index (κ3) is 3.75. The summed E-state index contributed by atoms with van der Waals surface area (Å²) < 4.78 is 18.4. The van der Waals surface area contributed by atoms with Gasteiger partial charge in [0, 0.05) is 11.1 Å². The van der Waals surface area contributed by atoms with Crippen LogP contribution < -0.4 is 4.74 Å². The van der Waals surface area contributed by atoms with E-state index in [0.29, 0.717) is 16.9 Å². The molecule has 3 nitrogen and oxygen atoms in total. The minimum absolute atomic E-state index is 0.0306. The molecule has 2 aromatic rings. The first-order chi connectivity index (χ1) is 9.97. The summed E-state index contributed by atoms with van der Waals surface area (Å²) in [6.07, 6.45) is -0.696. The van der Waals surface area contributed by atoms with Crippen LogP contribution in [0.5, 0.6) is 5.75 Å². The van der Waals surface area contributed by atoms with Crippen molar-refractivity contribution in [3.05, 3.63) is 65.5 Å². The molecule has 2 aromatic carbocycles. The Kier molecular flexibility index (Phi) is 4.48. The van der Waals surface area contributed by atoms with Crippen molar-refractivity contribution in [1.29, 1.82) is 0 Å². The average Bonchev–Trinajstić information content (AvgIpc) is 2.47. The highest BCUT2D eigenvalue weighted by Gasteiger charge is 2.17. The molecule has 4 heteroatoms.